The Balaban J connectivity index is 1.04. The Morgan fingerprint density at radius 3 is 1.78 bits per heavy atom. The molecule has 68 heavy (non-hydrogen) atoms. The zero-order chi connectivity index (χ0) is 44.8. The van der Waals surface area contributed by atoms with Gasteiger partial charge in [0.25, 0.3) is 0 Å². The van der Waals surface area contributed by atoms with Crippen LogP contribution >= 0.6 is 0 Å². The quantitative estimate of drug-likeness (QED) is 0.166. The number of hydrogen-bond acceptors (Lipinski definition) is 5. The molecule has 5 nitrogen and oxygen atoms in total. The maximum Gasteiger partial charge on any atom is 0.194 e. The summed E-state index contributed by atoms with van der Waals surface area (Å²) in [6.07, 6.45) is 17.4. The minimum absolute atomic E-state index is 0.664. The average Bonchev–Trinajstić information content (AvgIpc) is 3.89. The monoisotopic (exact) mass is 876 g/mol. The molecule has 14 rings (SSSR count). The molecule has 324 valence electrons. The van der Waals surface area contributed by atoms with Gasteiger partial charge >= 0.3 is 0 Å². The van der Waals surface area contributed by atoms with Crippen molar-refractivity contribution in [2.75, 3.05) is 9.80 Å². The molecule has 8 aromatic carbocycles. The van der Waals surface area contributed by atoms with Gasteiger partial charge in [-0.05, 0) is 150 Å². The summed E-state index contributed by atoms with van der Waals surface area (Å²) in [5.74, 6) is 3.62. The summed E-state index contributed by atoms with van der Waals surface area (Å²) in [4.78, 5) is 4.67. The molecule has 0 bridgehead atoms. The van der Waals surface area contributed by atoms with Crippen molar-refractivity contribution in [2.24, 2.45) is 0 Å². The molecule has 0 saturated carbocycles. The molecule has 1 spiro atoms. The molecule has 2 heterocycles. The molecular weight excluding hydrogens is 833 g/mol. The molecule has 0 amide bonds. The summed E-state index contributed by atoms with van der Waals surface area (Å²) in [5.41, 5.74) is 17.4. The largest absolute Gasteiger partial charge is 0.456 e. The molecule has 1 aliphatic heterocycles. The highest BCUT2D eigenvalue weighted by Crippen LogP contribution is 2.63. The fourth-order valence-corrected chi connectivity index (χ4v) is 11.7. The first-order chi connectivity index (χ1) is 33.7. The molecule has 4 aliphatic carbocycles. The maximum absolute atomic E-state index is 7.23. The van der Waals surface area contributed by atoms with Crippen LogP contribution < -0.4 is 19.3 Å². The Bertz CT molecular complexity index is 3540. The van der Waals surface area contributed by atoms with Crippen molar-refractivity contribution in [3.8, 4) is 23.0 Å². The van der Waals surface area contributed by atoms with Crippen LogP contribution in [0.4, 0.5) is 34.1 Å². The van der Waals surface area contributed by atoms with E-state index in [-0.39, 0.29) is 0 Å². The van der Waals surface area contributed by atoms with E-state index in [1.807, 2.05) is 18.2 Å². The van der Waals surface area contributed by atoms with E-state index in [2.05, 4.69) is 210 Å². The summed E-state index contributed by atoms with van der Waals surface area (Å²) in [6, 6.07) is 64.7. The normalized spacial score (nSPS) is 16.6. The van der Waals surface area contributed by atoms with Gasteiger partial charge in [-0.3, -0.25) is 0 Å². The van der Waals surface area contributed by atoms with Gasteiger partial charge < -0.3 is 23.7 Å². The third kappa shape index (κ3) is 5.69. The van der Waals surface area contributed by atoms with Crippen LogP contribution in [-0.4, -0.2) is 0 Å². The van der Waals surface area contributed by atoms with Gasteiger partial charge in [0.15, 0.2) is 23.0 Å². The topological polar surface area (TPSA) is 38.1 Å². The summed E-state index contributed by atoms with van der Waals surface area (Å²) < 4.78 is 21.5. The van der Waals surface area contributed by atoms with Crippen LogP contribution in [0, 0.1) is 0 Å². The number of para-hydroxylation sites is 5. The van der Waals surface area contributed by atoms with Gasteiger partial charge in [-0.15, -0.1) is 0 Å². The number of furan rings is 1. The van der Waals surface area contributed by atoms with E-state index in [0.29, 0.717) is 23.0 Å². The Kier molecular flexibility index (Phi) is 8.69. The minimum Gasteiger partial charge on any atom is -0.456 e. The number of benzene rings is 8. The van der Waals surface area contributed by atoms with Gasteiger partial charge in [0.05, 0.1) is 16.8 Å². The van der Waals surface area contributed by atoms with E-state index in [9.17, 15) is 0 Å². The van der Waals surface area contributed by atoms with Crippen LogP contribution in [0.25, 0.3) is 34.8 Å². The first-order valence-corrected chi connectivity index (χ1v) is 23.7. The maximum atomic E-state index is 7.23. The highest BCUT2D eigenvalue weighted by Gasteiger charge is 2.51. The van der Waals surface area contributed by atoms with E-state index >= 15 is 0 Å². The molecule has 1 unspecified atom stereocenters. The zero-order valence-electron chi connectivity index (χ0n) is 37.2. The van der Waals surface area contributed by atoms with Crippen molar-refractivity contribution in [1.82, 2.24) is 0 Å². The highest BCUT2D eigenvalue weighted by atomic mass is 16.6. The van der Waals surface area contributed by atoms with E-state index in [4.69, 9.17) is 13.9 Å². The molecule has 0 radical (unpaired) electrons. The second-order valence-electron chi connectivity index (χ2n) is 18.1. The van der Waals surface area contributed by atoms with Crippen LogP contribution in [0.3, 0.4) is 0 Å². The van der Waals surface area contributed by atoms with Gasteiger partial charge in [-0.25, -0.2) is 0 Å². The molecular formula is C63H44N2O3. The lowest BCUT2D eigenvalue weighted by atomic mass is 9.63. The first-order valence-electron chi connectivity index (χ1n) is 23.7. The standard InChI is InChI=1S/C63H44N2O3/c1-5-20-42(21-6-1)64(43-22-7-2-8-23-43)54-33-19-35-57-62(54)68-58-38-41-36-37-48-53(63(52(41)40-59(58)66-57)50-31-16-13-28-46(50)47-29-14-17-32-51(47)63)39-55(60-49-30-15-18-34-56(49)67-61(48)60)65(44-24-9-3-10-25-44)45-26-11-4-12-27-45/h1-14,16,18-29,31,33-40H,15,17,30,32H2. The van der Waals surface area contributed by atoms with Crippen LogP contribution in [-0.2, 0) is 11.8 Å². The lowest BCUT2D eigenvalue weighted by Crippen LogP contribution is -2.32. The van der Waals surface area contributed by atoms with Gasteiger partial charge in [0.1, 0.15) is 11.3 Å². The van der Waals surface area contributed by atoms with Crippen molar-refractivity contribution in [3.05, 3.63) is 250 Å². The molecule has 5 aliphatic rings. The molecule has 9 aromatic rings. The summed E-state index contributed by atoms with van der Waals surface area (Å²) in [6.45, 7) is 0. The Labute approximate surface area is 395 Å². The molecule has 5 heteroatoms. The van der Waals surface area contributed by atoms with Gasteiger partial charge in [-0.1, -0.05) is 134 Å². The third-order valence-electron chi connectivity index (χ3n) is 14.5. The van der Waals surface area contributed by atoms with Crippen molar-refractivity contribution in [2.45, 2.75) is 31.1 Å². The lowest BCUT2D eigenvalue weighted by molar-refractivity contribution is 0.359. The van der Waals surface area contributed by atoms with Gasteiger partial charge in [-0.2, -0.15) is 0 Å². The number of aryl methyl sites for hydroxylation is 1. The fraction of sp³-hybridized carbons (Fsp3) is 0.0794. The first kappa shape index (κ1) is 38.7. The Morgan fingerprint density at radius 2 is 1.07 bits per heavy atom. The molecule has 0 fully saturated rings. The summed E-state index contributed by atoms with van der Waals surface area (Å²) in [5, 5.41) is 1.15. The fourth-order valence-electron chi connectivity index (χ4n) is 11.7. The number of rotatable bonds is 6. The smallest absolute Gasteiger partial charge is 0.194 e. The van der Waals surface area contributed by atoms with Crippen molar-refractivity contribution >= 4 is 68.9 Å². The Hall–Kier alpha value is -8.54. The van der Waals surface area contributed by atoms with E-state index < -0.39 is 5.41 Å². The number of fused-ring (bicyclic) bond motifs is 14. The molecule has 0 N–H and O–H groups in total. The predicted molar refractivity (Wildman–Crippen MR) is 277 cm³/mol. The number of hydrogen-bond donors (Lipinski definition) is 0. The SMILES string of the molecule is C1=CC2=C(CC1)C1(c3cc4c(cc3C=Cc3c1cc(N(c1ccccc1)c1ccccc1)c1c5c(oc31)C=CCC5)Oc1c(cccc1N(c1ccccc1)c1ccccc1)O4)c1ccccc12. The van der Waals surface area contributed by atoms with Crippen molar-refractivity contribution < 1.29 is 13.9 Å². The molecule has 1 aromatic heterocycles. The number of allylic oxidation sites excluding steroid dienone is 5. The molecule has 1 atom stereocenters. The zero-order valence-corrected chi connectivity index (χ0v) is 37.2. The minimum atomic E-state index is -0.714. The van der Waals surface area contributed by atoms with Crippen molar-refractivity contribution in [1.29, 1.82) is 0 Å². The number of anilines is 6. The number of nitrogens with zero attached hydrogens (tertiary/aromatic N) is 2. The van der Waals surface area contributed by atoms with Gasteiger partial charge in [0.2, 0.25) is 0 Å². The second-order valence-corrected chi connectivity index (χ2v) is 18.1. The average molecular weight is 877 g/mol. The second kappa shape index (κ2) is 15.3. The van der Waals surface area contributed by atoms with E-state index in [1.54, 1.807) is 0 Å². The molecule has 0 saturated heterocycles. The third-order valence-corrected chi connectivity index (χ3v) is 14.5. The van der Waals surface area contributed by atoms with E-state index in [0.717, 1.165) is 93.2 Å². The van der Waals surface area contributed by atoms with Crippen LogP contribution in [0.5, 0.6) is 23.0 Å². The predicted octanol–water partition coefficient (Wildman–Crippen LogP) is 17.2. The lowest BCUT2D eigenvalue weighted by Gasteiger charge is -2.39. The Morgan fingerprint density at radius 1 is 0.456 bits per heavy atom. The van der Waals surface area contributed by atoms with Crippen LogP contribution in [0.15, 0.2) is 210 Å². The van der Waals surface area contributed by atoms with Crippen LogP contribution in [0.1, 0.15) is 64.0 Å². The van der Waals surface area contributed by atoms with Gasteiger partial charge in [0, 0.05) is 39.3 Å². The highest BCUT2D eigenvalue weighted by molar-refractivity contribution is 6.08. The number of ether oxygens (including phenoxy) is 2. The van der Waals surface area contributed by atoms with E-state index in [1.165, 1.54) is 33.4 Å². The van der Waals surface area contributed by atoms with Crippen LogP contribution in [0.2, 0.25) is 0 Å². The van der Waals surface area contributed by atoms with Crippen molar-refractivity contribution in [3.63, 3.8) is 0 Å². The summed E-state index contributed by atoms with van der Waals surface area (Å²) >= 11 is 0. The summed E-state index contributed by atoms with van der Waals surface area (Å²) in [7, 11) is 0.